The number of rotatable bonds is 8. The van der Waals surface area contributed by atoms with E-state index in [4.69, 9.17) is 24.1 Å². The number of carboxylic acid groups (broad SMARTS) is 1. The zero-order chi connectivity index (χ0) is 23.5. The van der Waals surface area contributed by atoms with Gasteiger partial charge in [0, 0.05) is 22.9 Å². The maximum atomic E-state index is 11.2. The average Bonchev–Trinajstić information content (AvgIpc) is 3.55. The molecule has 1 radical (unpaired) electrons. The fraction of sp³-hybridized carbons (Fsp3) is 0.240. The summed E-state index contributed by atoms with van der Waals surface area (Å²) in [5.74, 6) is 1.10. The maximum Gasteiger partial charge on any atom is 0.328 e. The molecule has 34 heavy (non-hydrogen) atoms. The van der Waals surface area contributed by atoms with Crippen LogP contribution in [-0.2, 0) is 21.6 Å². The number of furan rings is 2. The average molecular weight is 505 g/mol. The van der Waals surface area contributed by atoms with Gasteiger partial charge in [0.25, 0.3) is 0 Å². The molecule has 0 aromatic carbocycles. The number of carbonyl (C=O) groups is 1. The van der Waals surface area contributed by atoms with Crippen molar-refractivity contribution < 1.29 is 35.5 Å². The van der Waals surface area contributed by atoms with Crippen LogP contribution in [0.4, 0.5) is 0 Å². The molecule has 1 N–H and O–H groups in total. The minimum Gasteiger partial charge on any atom is -0.478 e. The molecule has 0 atom stereocenters. The molecule has 4 aromatic rings. The van der Waals surface area contributed by atoms with Crippen molar-refractivity contribution in [1.82, 2.24) is 19.6 Å². The molecule has 0 bridgehead atoms. The molecule has 0 amide bonds. The zero-order valence-corrected chi connectivity index (χ0v) is 20.3. The molecule has 0 saturated carbocycles. The first-order valence-corrected chi connectivity index (χ1v) is 10.7. The molecule has 0 fully saturated rings. The van der Waals surface area contributed by atoms with Crippen LogP contribution in [0.2, 0.25) is 0 Å². The first-order valence-electron chi connectivity index (χ1n) is 10.7. The Morgan fingerprint density at radius 1 is 0.912 bits per heavy atom. The molecule has 8 nitrogen and oxygen atoms in total. The Hall–Kier alpha value is -3.56. The largest absolute Gasteiger partial charge is 0.478 e. The maximum absolute atomic E-state index is 11.2. The predicted octanol–water partition coefficient (Wildman–Crippen LogP) is 5.65. The number of aliphatic carboxylic acids is 1. The zero-order valence-electron chi connectivity index (χ0n) is 19.3. The van der Waals surface area contributed by atoms with Crippen LogP contribution < -0.4 is 0 Å². The Balaban J connectivity index is 0.00000324. The van der Waals surface area contributed by atoms with Crippen LogP contribution in [0.3, 0.4) is 0 Å². The van der Waals surface area contributed by atoms with Gasteiger partial charge in [-0.2, -0.15) is 10.2 Å². The van der Waals surface area contributed by atoms with Gasteiger partial charge in [-0.1, -0.05) is 33.8 Å². The topological polar surface area (TPSA) is 99.2 Å². The van der Waals surface area contributed by atoms with Gasteiger partial charge < -0.3 is 13.9 Å². The van der Waals surface area contributed by atoms with Crippen molar-refractivity contribution in [2.24, 2.45) is 0 Å². The standard InChI is InChI=1S/C25H26N4O4.Co/c1-16(2)18-14-20(22-8-6-12-32-22)28(26-18)24(10-5-11-25(30)31)29-21(23-9-7-13-33-23)15-19(27-29)17(3)4;/h5-17H,1-4H3,(H,30,31);. The van der Waals surface area contributed by atoms with Crippen LogP contribution >= 0.6 is 0 Å². The van der Waals surface area contributed by atoms with Crippen molar-refractivity contribution in [2.75, 3.05) is 0 Å². The fourth-order valence-corrected chi connectivity index (χ4v) is 3.36. The summed E-state index contributed by atoms with van der Waals surface area (Å²) in [6.45, 7) is 8.24. The first kappa shape index (κ1) is 25.1. The van der Waals surface area contributed by atoms with E-state index in [1.54, 1.807) is 28.0 Å². The Kier molecular flexibility index (Phi) is 7.80. The Labute approximate surface area is 207 Å². The van der Waals surface area contributed by atoms with E-state index in [2.05, 4.69) is 27.7 Å². The number of allylic oxidation sites excluding steroid dienone is 2. The molecule has 9 heteroatoms. The summed E-state index contributed by atoms with van der Waals surface area (Å²) >= 11 is 0. The van der Waals surface area contributed by atoms with Gasteiger partial charge in [-0.3, -0.25) is 0 Å². The second-order valence-corrected chi connectivity index (χ2v) is 8.22. The van der Waals surface area contributed by atoms with Crippen molar-refractivity contribution in [3.63, 3.8) is 0 Å². The second-order valence-electron chi connectivity index (χ2n) is 8.22. The minimum absolute atomic E-state index is 0. The van der Waals surface area contributed by atoms with Crippen LogP contribution in [-0.4, -0.2) is 30.6 Å². The van der Waals surface area contributed by atoms with Crippen molar-refractivity contribution in [1.29, 1.82) is 0 Å². The van der Waals surface area contributed by atoms with Gasteiger partial charge >= 0.3 is 5.97 Å². The van der Waals surface area contributed by atoms with E-state index in [1.807, 2.05) is 36.4 Å². The number of hydrogen-bond donors (Lipinski definition) is 1. The molecule has 4 aromatic heterocycles. The van der Waals surface area contributed by atoms with Crippen molar-refractivity contribution >= 4 is 5.97 Å². The molecule has 4 heterocycles. The van der Waals surface area contributed by atoms with Gasteiger partial charge in [-0.25, -0.2) is 14.2 Å². The fourth-order valence-electron chi connectivity index (χ4n) is 3.36. The molecule has 0 aliphatic heterocycles. The molecule has 4 rings (SSSR count). The quantitative estimate of drug-likeness (QED) is 0.246. The van der Waals surface area contributed by atoms with Gasteiger partial charge in [0.1, 0.15) is 11.4 Å². The molecule has 0 aliphatic carbocycles. The summed E-state index contributed by atoms with van der Waals surface area (Å²) < 4.78 is 14.8. The molecule has 179 valence electrons. The van der Waals surface area contributed by atoms with Gasteiger partial charge in [-0.15, -0.1) is 0 Å². The SMILES string of the molecule is CC(C)c1cc(-c2ccco2)n(C(=CC=CC(=O)O)n2nc(C(C)C)cc2-c2ccco2)n1.[Co]. The number of nitrogens with zero attached hydrogens (tertiary/aromatic N) is 4. The normalized spacial score (nSPS) is 11.4. The van der Waals surface area contributed by atoms with E-state index in [0.29, 0.717) is 17.3 Å². The number of carboxylic acids is 1. The van der Waals surface area contributed by atoms with Gasteiger partial charge in [0.15, 0.2) is 17.3 Å². The van der Waals surface area contributed by atoms with Crippen molar-refractivity contribution in [2.45, 2.75) is 39.5 Å². The van der Waals surface area contributed by atoms with Crippen LogP contribution in [0, 0.1) is 5.82 Å². The Morgan fingerprint density at radius 2 is 1.38 bits per heavy atom. The Bertz CT molecular complexity index is 1210. The summed E-state index contributed by atoms with van der Waals surface area (Å²) in [7, 11) is 0. The van der Waals surface area contributed by atoms with E-state index in [-0.39, 0.29) is 28.6 Å². The van der Waals surface area contributed by atoms with Crippen LogP contribution in [0.25, 0.3) is 22.9 Å². The molecule has 0 aliphatic rings. The summed E-state index contributed by atoms with van der Waals surface area (Å²) in [6, 6.07) is 11.3. The first-order chi connectivity index (χ1) is 15.8. The number of hydrogen-bond acceptors (Lipinski definition) is 5. The van der Waals surface area contributed by atoms with E-state index in [9.17, 15) is 4.79 Å². The summed E-state index contributed by atoms with van der Waals surface area (Å²) in [5, 5.41) is 18.8. The molecular formula is C25H26CoN4O4. The molecule has 0 saturated heterocycles. The predicted molar refractivity (Wildman–Crippen MR) is 123 cm³/mol. The summed E-state index contributed by atoms with van der Waals surface area (Å²) in [4.78, 5) is 11.2. The third kappa shape index (κ3) is 5.16. The summed E-state index contributed by atoms with van der Waals surface area (Å²) in [5.41, 5.74) is 3.19. The molecule has 0 spiro atoms. The van der Waals surface area contributed by atoms with Gasteiger partial charge in [0.2, 0.25) is 0 Å². The van der Waals surface area contributed by atoms with E-state index < -0.39 is 5.97 Å². The van der Waals surface area contributed by atoms with Gasteiger partial charge in [-0.05, 0) is 54.3 Å². The van der Waals surface area contributed by atoms with Crippen molar-refractivity contribution in [3.8, 4) is 22.9 Å². The third-order valence-electron chi connectivity index (χ3n) is 5.10. The van der Waals surface area contributed by atoms with Crippen LogP contribution in [0.1, 0.15) is 50.9 Å². The number of aromatic nitrogens is 4. The van der Waals surface area contributed by atoms with Crippen molar-refractivity contribution in [3.05, 3.63) is 84.4 Å². The van der Waals surface area contributed by atoms with Crippen LogP contribution in [0.5, 0.6) is 0 Å². The monoisotopic (exact) mass is 505 g/mol. The summed E-state index contributed by atoms with van der Waals surface area (Å²) in [6.07, 6.45) is 7.41. The molecule has 0 unspecified atom stereocenters. The van der Waals surface area contributed by atoms with Gasteiger partial charge in [0.05, 0.1) is 23.9 Å². The van der Waals surface area contributed by atoms with E-state index in [1.165, 1.54) is 6.08 Å². The smallest absolute Gasteiger partial charge is 0.328 e. The third-order valence-corrected chi connectivity index (χ3v) is 5.10. The second kappa shape index (κ2) is 10.6. The van der Waals surface area contributed by atoms with E-state index in [0.717, 1.165) is 28.9 Å². The minimum atomic E-state index is -1.05. The van der Waals surface area contributed by atoms with E-state index >= 15 is 0 Å². The Morgan fingerprint density at radius 3 is 1.74 bits per heavy atom. The van der Waals surface area contributed by atoms with Crippen LogP contribution in [0.15, 0.2) is 76.0 Å². The molecular weight excluding hydrogens is 479 g/mol.